The van der Waals surface area contributed by atoms with Gasteiger partial charge in [0.1, 0.15) is 22.5 Å². The second kappa shape index (κ2) is 7.09. The molecule has 2 saturated heterocycles. The van der Waals surface area contributed by atoms with Gasteiger partial charge >= 0.3 is 0 Å². The van der Waals surface area contributed by atoms with Crippen LogP contribution in [0.15, 0.2) is 0 Å². The quantitative estimate of drug-likeness (QED) is 0.878. The van der Waals surface area contributed by atoms with Crippen LogP contribution in [0.4, 0.5) is 5.82 Å². The zero-order valence-corrected chi connectivity index (χ0v) is 16.4. The van der Waals surface area contributed by atoms with Crippen molar-refractivity contribution in [3.8, 4) is 0 Å². The van der Waals surface area contributed by atoms with Crippen LogP contribution < -0.4 is 5.32 Å². The van der Waals surface area contributed by atoms with Gasteiger partial charge in [0.05, 0.1) is 25.1 Å². The monoisotopic (exact) mass is 375 g/mol. The van der Waals surface area contributed by atoms with E-state index in [0.29, 0.717) is 6.54 Å². The summed E-state index contributed by atoms with van der Waals surface area (Å²) in [5.74, 6) is 1.74. The highest BCUT2D eigenvalue weighted by Crippen LogP contribution is 2.34. The van der Waals surface area contributed by atoms with Gasteiger partial charge in [-0.15, -0.1) is 11.3 Å². The number of amides is 1. The maximum atomic E-state index is 12.3. The maximum absolute atomic E-state index is 12.3. The first kappa shape index (κ1) is 17.6. The molecule has 0 aromatic carbocycles. The van der Waals surface area contributed by atoms with Gasteiger partial charge in [-0.3, -0.25) is 9.69 Å². The van der Waals surface area contributed by atoms with E-state index >= 15 is 0 Å². The Labute approximate surface area is 157 Å². The molecule has 0 aliphatic carbocycles. The zero-order chi connectivity index (χ0) is 18.3. The van der Waals surface area contributed by atoms with Gasteiger partial charge in [-0.1, -0.05) is 0 Å². The molecule has 8 heteroatoms. The summed E-state index contributed by atoms with van der Waals surface area (Å²) < 4.78 is 5.43. The predicted molar refractivity (Wildman–Crippen MR) is 103 cm³/mol. The lowest BCUT2D eigenvalue weighted by Gasteiger charge is -2.26. The lowest BCUT2D eigenvalue weighted by molar-refractivity contribution is -0.127. The van der Waals surface area contributed by atoms with Gasteiger partial charge in [-0.25, -0.2) is 9.97 Å². The summed E-state index contributed by atoms with van der Waals surface area (Å²) in [6, 6.07) is -0.200. The van der Waals surface area contributed by atoms with E-state index in [9.17, 15) is 4.79 Å². The number of likely N-dealkylation sites (tertiary alicyclic amines) is 1. The Balaban J connectivity index is 1.67. The number of carbonyl (C=O) groups is 1. The zero-order valence-electron chi connectivity index (χ0n) is 15.5. The fraction of sp³-hybridized carbons (Fsp3) is 0.611. The third-order valence-corrected chi connectivity index (χ3v) is 6.38. The second-order valence-electron chi connectivity index (χ2n) is 7.09. The van der Waals surface area contributed by atoms with Crippen LogP contribution in [0.1, 0.15) is 22.7 Å². The minimum atomic E-state index is -0.200. The van der Waals surface area contributed by atoms with Gasteiger partial charge in [0.2, 0.25) is 5.91 Å². The van der Waals surface area contributed by atoms with Crippen LogP contribution in [-0.4, -0.2) is 71.6 Å². The molecule has 0 radical (unpaired) electrons. The number of fused-ring (bicyclic) bond motifs is 1. The van der Waals surface area contributed by atoms with Crippen molar-refractivity contribution in [2.75, 3.05) is 45.2 Å². The number of carbonyl (C=O) groups excluding carboxylic acids is 1. The first-order chi connectivity index (χ1) is 12.5. The number of hydrogen-bond donors (Lipinski definition) is 1. The van der Waals surface area contributed by atoms with Crippen LogP contribution in [0, 0.1) is 13.8 Å². The van der Waals surface area contributed by atoms with E-state index in [4.69, 9.17) is 14.7 Å². The normalized spacial score (nSPS) is 21.7. The summed E-state index contributed by atoms with van der Waals surface area (Å²) in [6.45, 7) is 9.03. The summed E-state index contributed by atoms with van der Waals surface area (Å²) in [5, 5.41) is 4.47. The highest BCUT2D eigenvalue weighted by molar-refractivity contribution is 7.18. The molecule has 0 bridgehead atoms. The Hall–Kier alpha value is -1.77. The first-order valence-electron chi connectivity index (χ1n) is 9.11. The fourth-order valence-electron chi connectivity index (χ4n) is 3.55. The molecule has 1 amide bonds. The third-order valence-electron chi connectivity index (χ3n) is 5.28. The van der Waals surface area contributed by atoms with Crippen LogP contribution in [0.25, 0.3) is 10.2 Å². The van der Waals surface area contributed by atoms with Gasteiger partial charge in [0, 0.05) is 31.6 Å². The van der Waals surface area contributed by atoms with E-state index in [2.05, 4.69) is 24.1 Å². The van der Waals surface area contributed by atoms with Crippen molar-refractivity contribution in [2.24, 2.45) is 0 Å². The summed E-state index contributed by atoms with van der Waals surface area (Å²) in [7, 11) is 1.85. The Kier molecular flexibility index (Phi) is 4.81. The SMILES string of the molecule is Cc1sc2nc(CN3CCOCC3)nc(NC3CCN(C)C3=O)c2c1C. The van der Waals surface area contributed by atoms with Crippen LogP contribution in [-0.2, 0) is 16.1 Å². The molecule has 4 heterocycles. The Morgan fingerprint density at radius 2 is 2.00 bits per heavy atom. The second-order valence-corrected chi connectivity index (χ2v) is 8.29. The van der Waals surface area contributed by atoms with Gasteiger partial charge in [0.15, 0.2) is 0 Å². The number of nitrogens with zero attached hydrogens (tertiary/aromatic N) is 4. The molecular formula is C18H25N5O2S. The lowest BCUT2D eigenvalue weighted by atomic mass is 10.2. The highest BCUT2D eigenvalue weighted by atomic mass is 32.1. The van der Waals surface area contributed by atoms with Crippen molar-refractivity contribution in [2.45, 2.75) is 32.9 Å². The highest BCUT2D eigenvalue weighted by Gasteiger charge is 2.30. The molecule has 7 nitrogen and oxygen atoms in total. The smallest absolute Gasteiger partial charge is 0.244 e. The molecule has 140 valence electrons. The Morgan fingerprint density at radius 3 is 2.69 bits per heavy atom. The molecule has 0 spiro atoms. The van der Waals surface area contributed by atoms with E-state index in [1.807, 2.05) is 7.05 Å². The average Bonchev–Trinajstić information content (AvgIpc) is 3.09. The number of likely N-dealkylation sites (N-methyl/N-ethyl adjacent to an activating group) is 1. The number of aryl methyl sites for hydroxylation is 2. The minimum absolute atomic E-state index is 0.135. The van der Waals surface area contributed by atoms with Crippen molar-refractivity contribution in [1.82, 2.24) is 19.8 Å². The maximum Gasteiger partial charge on any atom is 0.244 e. The fourth-order valence-corrected chi connectivity index (χ4v) is 4.60. The molecular weight excluding hydrogens is 350 g/mol. The van der Waals surface area contributed by atoms with Crippen molar-refractivity contribution >= 4 is 33.3 Å². The van der Waals surface area contributed by atoms with Gasteiger partial charge in [-0.2, -0.15) is 0 Å². The van der Waals surface area contributed by atoms with Crippen molar-refractivity contribution in [3.63, 3.8) is 0 Å². The number of morpholine rings is 1. The average molecular weight is 375 g/mol. The summed E-state index contributed by atoms with van der Waals surface area (Å²) in [6.07, 6.45) is 0.807. The molecule has 2 aromatic heterocycles. The van der Waals surface area contributed by atoms with Crippen LogP contribution in [0.5, 0.6) is 0 Å². The number of anilines is 1. The number of ether oxygens (including phenoxy) is 1. The topological polar surface area (TPSA) is 70.6 Å². The van der Waals surface area contributed by atoms with E-state index in [-0.39, 0.29) is 11.9 Å². The number of rotatable bonds is 4. The molecule has 1 N–H and O–H groups in total. The van der Waals surface area contributed by atoms with Crippen molar-refractivity contribution in [1.29, 1.82) is 0 Å². The molecule has 0 saturated carbocycles. The Bertz CT molecular complexity index is 831. The van der Waals surface area contributed by atoms with Crippen LogP contribution in [0.3, 0.4) is 0 Å². The number of hydrogen-bond acceptors (Lipinski definition) is 7. The predicted octanol–water partition coefficient (Wildman–Crippen LogP) is 1.78. The minimum Gasteiger partial charge on any atom is -0.379 e. The number of aromatic nitrogens is 2. The largest absolute Gasteiger partial charge is 0.379 e. The summed E-state index contributed by atoms with van der Waals surface area (Å²) in [4.78, 5) is 28.3. The van der Waals surface area contributed by atoms with E-state index in [0.717, 1.165) is 61.1 Å². The number of thiophene rings is 1. The standard InChI is InChI=1S/C18H25N5O2S/c1-11-12(2)26-17-15(11)16(19-13-4-5-22(3)18(13)24)20-14(21-17)10-23-6-8-25-9-7-23/h13H,4-10H2,1-3H3,(H,19,20,21). The molecule has 1 unspecified atom stereocenters. The van der Waals surface area contributed by atoms with E-state index < -0.39 is 0 Å². The number of nitrogens with one attached hydrogen (secondary N) is 1. The van der Waals surface area contributed by atoms with E-state index in [1.165, 1.54) is 10.4 Å². The summed E-state index contributed by atoms with van der Waals surface area (Å²) in [5.41, 5.74) is 1.20. The molecule has 2 aliphatic heterocycles. The molecule has 26 heavy (non-hydrogen) atoms. The van der Waals surface area contributed by atoms with Crippen molar-refractivity contribution < 1.29 is 9.53 Å². The Morgan fingerprint density at radius 1 is 1.23 bits per heavy atom. The van der Waals surface area contributed by atoms with Crippen LogP contribution >= 0.6 is 11.3 Å². The summed E-state index contributed by atoms with van der Waals surface area (Å²) >= 11 is 1.70. The molecule has 2 aromatic rings. The first-order valence-corrected chi connectivity index (χ1v) is 9.93. The molecule has 2 aliphatic rings. The van der Waals surface area contributed by atoms with E-state index in [1.54, 1.807) is 16.2 Å². The van der Waals surface area contributed by atoms with Crippen molar-refractivity contribution in [3.05, 3.63) is 16.3 Å². The molecule has 4 rings (SSSR count). The van der Waals surface area contributed by atoms with Gasteiger partial charge in [-0.05, 0) is 25.8 Å². The third kappa shape index (κ3) is 3.28. The molecule has 2 fully saturated rings. The van der Waals surface area contributed by atoms with Gasteiger partial charge < -0.3 is 15.0 Å². The molecule has 1 atom stereocenters. The van der Waals surface area contributed by atoms with Gasteiger partial charge in [0.25, 0.3) is 0 Å². The van der Waals surface area contributed by atoms with Crippen LogP contribution in [0.2, 0.25) is 0 Å². The lowest BCUT2D eigenvalue weighted by Crippen LogP contribution is -2.36.